The molecule has 0 saturated carbocycles. The second kappa shape index (κ2) is 12.9. The molecule has 2 aromatic heterocycles. The summed E-state index contributed by atoms with van der Waals surface area (Å²) < 4.78 is 7.07. The number of aromatic nitrogens is 2. The number of benzene rings is 8. The summed E-state index contributed by atoms with van der Waals surface area (Å²) in [7, 11) is 0. The lowest BCUT2D eigenvalue weighted by atomic mass is 9.67. The van der Waals surface area contributed by atoms with Gasteiger partial charge in [0.15, 0.2) is 5.82 Å². The average molecular weight is 715 g/mol. The zero-order valence-corrected chi connectivity index (χ0v) is 30.4. The molecule has 0 N–H and O–H groups in total. The van der Waals surface area contributed by atoms with Gasteiger partial charge in [0.1, 0.15) is 11.2 Å². The monoisotopic (exact) mass is 714 g/mol. The first-order chi connectivity index (χ1) is 27.8. The summed E-state index contributed by atoms with van der Waals surface area (Å²) in [5, 5.41) is 2.05. The van der Waals surface area contributed by atoms with Crippen molar-refractivity contribution < 1.29 is 4.42 Å². The van der Waals surface area contributed by atoms with E-state index in [0.717, 1.165) is 66.7 Å². The van der Waals surface area contributed by atoms with E-state index in [1.54, 1.807) is 0 Å². The highest BCUT2D eigenvalue weighted by Gasteiger charge is 2.48. The predicted molar refractivity (Wildman–Crippen MR) is 228 cm³/mol. The van der Waals surface area contributed by atoms with Gasteiger partial charge in [0, 0.05) is 33.0 Å². The summed E-state index contributed by atoms with van der Waals surface area (Å²) in [6.07, 6.45) is 0. The van der Waals surface area contributed by atoms with Gasteiger partial charge in [-0.1, -0.05) is 182 Å². The molecule has 3 nitrogen and oxygen atoms in total. The minimum absolute atomic E-state index is 0.653. The molecule has 56 heavy (non-hydrogen) atoms. The summed E-state index contributed by atoms with van der Waals surface area (Å²) >= 11 is 0. The van der Waals surface area contributed by atoms with Crippen LogP contribution in [-0.4, -0.2) is 9.97 Å². The van der Waals surface area contributed by atoms with Crippen LogP contribution in [0.4, 0.5) is 0 Å². The Morgan fingerprint density at radius 3 is 1.50 bits per heavy atom. The summed E-state index contributed by atoms with van der Waals surface area (Å²) in [5.74, 6) is 0.653. The molecule has 10 aromatic rings. The Kier molecular flexibility index (Phi) is 7.39. The van der Waals surface area contributed by atoms with E-state index in [0.29, 0.717) is 5.82 Å². The van der Waals surface area contributed by atoms with Gasteiger partial charge in [-0.15, -0.1) is 0 Å². The third kappa shape index (κ3) is 4.91. The first-order valence-corrected chi connectivity index (χ1v) is 19.1. The van der Waals surface area contributed by atoms with Crippen LogP contribution in [0.3, 0.4) is 0 Å². The molecule has 0 aliphatic heterocycles. The van der Waals surface area contributed by atoms with Crippen molar-refractivity contribution >= 4 is 21.9 Å². The molecular weight excluding hydrogens is 681 g/mol. The molecule has 0 atom stereocenters. The van der Waals surface area contributed by atoms with Crippen LogP contribution in [0.1, 0.15) is 22.3 Å². The Bertz CT molecular complexity index is 2950. The van der Waals surface area contributed by atoms with Gasteiger partial charge in [-0.3, -0.25) is 0 Å². The van der Waals surface area contributed by atoms with E-state index in [-0.39, 0.29) is 0 Å². The van der Waals surface area contributed by atoms with Crippen molar-refractivity contribution in [3.8, 4) is 56.2 Å². The maximum atomic E-state index is 7.07. The number of nitrogens with zero attached hydrogens (tertiary/aromatic N) is 2. The second-order valence-electron chi connectivity index (χ2n) is 14.5. The van der Waals surface area contributed by atoms with E-state index in [4.69, 9.17) is 14.4 Å². The summed E-state index contributed by atoms with van der Waals surface area (Å²) in [6.45, 7) is 0. The maximum absolute atomic E-state index is 7.07. The molecule has 8 aromatic carbocycles. The number of hydrogen-bond acceptors (Lipinski definition) is 3. The normalized spacial score (nSPS) is 12.8. The lowest BCUT2D eigenvalue weighted by Crippen LogP contribution is -2.28. The van der Waals surface area contributed by atoms with Crippen molar-refractivity contribution in [2.24, 2.45) is 0 Å². The van der Waals surface area contributed by atoms with Gasteiger partial charge in [0.05, 0.1) is 16.8 Å². The van der Waals surface area contributed by atoms with Gasteiger partial charge < -0.3 is 4.42 Å². The van der Waals surface area contributed by atoms with Gasteiger partial charge in [0.2, 0.25) is 0 Å². The molecule has 0 spiro atoms. The zero-order valence-electron chi connectivity index (χ0n) is 30.4. The number of hydrogen-bond donors (Lipinski definition) is 0. The number of fused-ring (bicyclic) bond motifs is 7. The Balaban J connectivity index is 1.31. The fourth-order valence-corrected chi connectivity index (χ4v) is 8.91. The molecule has 1 aliphatic rings. The third-order valence-electron chi connectivity index (χ3n) is 11.4. The Labute approximate surface area is 325 Å². The van der Waals surface area contributed by atoms with E-state index >= 15 is 0 Å². The van der Waals surface area contributed by atoms with E-state index in [9.17, 15) is 0 Å². The minimum atomic E-state index is -0.681. The number of rotatable bonds is 6. The minimum Gasteiger partial charge on any atom is -0.455 e. The molecule has 2 heterocycles. The van der Waals surface area contributed by atoms with E-state index in [1.165, 1.54) is 27.8 Å². The van der Waals surface area contributed by atoms with Crippen LogP contribution in [0.5, 0.6) is 0 Å². The Morgan fingerprint density at radius 1 is 0.393 bits per heavy atom. The molecule has 3 heteroatoms. The van der Waals surface area contributed by atoms with Gasteiger partial charge in [-0.2, -0.15) is 0 Å². The Morgan fingerprint density at radius 2 is 0.911 bits per heavy atom. The average Bonchev–Trinajstić information content (AvgIpc) is 3.81. The van der Waals surface area contributed by atoms with E-state index in [2.05, 4.69) is 188 Å². The SMILES string of the molecule is c1ccc(-c2ccc3c(c2)C(c2ccccc2)(c2ccccc2)c2cc(-c4nc(-c5ccccc5)cc(-c5ccccc5)n4)c4c(oc5ccccc54)c2-3)cc1. The number of furan rings is 1. The first-order valence-electron chi connectivity index (χ1n) is 19.1. The van der Waals surface area contributed by atoms with Crippen molar-refractivity contribution in [2.45, 2.75) is 5.41 Å². The lowest BCUT2D eigenvalue weighted by Gasteiger charge is -2.34. The van der Waals surface area contributed by atoms with Crippen LogP contribution in [-0.2, 0) is 5.41 Å². The smallest absolute Gasteiger partial charge is 0.161 e. The standard InChI is InChI=1S/C53H34N2O/c1-6-18-35(19-7-1)38-30-31-41-44(32-38)53(39-24-12-4-13-25-39,40-26-14-5-15-27-40)45-33-43(49-42-28-16-17-29-48(42)56-51(49)50(41)45)52-54-46(36-20-8-2-9-21-36)34-47(55-52)37-22-10-3-11-23-37/h1-34H. The molecule has 0 fully saturated rings. The molecule has 0 unspecified atom stereocenters. The van der Waals surface area contributed by atoms with Crippen LogP contribution in [0.15, 0.2) is 211 Å². The van der Waals surface area contributed by atoms with Gasteiger partial charge in [-0.05, 0) is 63.2 Å². The van der Waals surface area contributed by atoms with Crippen LogP contribution in [0, 0.1) is 0 Å². The fourth-order valence-electron chi connectivity index (χ4n) is 8.91. The van der Waals surface area contributed by atoms with Crippen molar-refractivity contribution in [2.75, 3.05) is 0 Å². The van der Waals surface area contributed by atoms with E-state index < -0.39 is 5.41 Å². The molecule has 262 valence electrons. The van der Waals surface area contributed by atoms with Gasteiger partial charge in [0.25, 0.3) is 0 Å². The van der Waals surface area contributed by atoms with Crippen LogP contribution in [0.25, 0.3) is 78.1 Å². The molecule has 0 saturated heterocycles. The van der Waals surface area contributed by atoms with Gasteiger partial charge >= 0.3 is 0 Å². The van der Waals surface area contributed by atoms with E-state index in [1.807, 2.05) is 18.2 Å². The summed E-state index contributed by atoms with van der Waals surface area (Å²) in [5.41, 5.74) is 15.1. The first kappa shape index (κ1) is 32.1. The molecule has 1 aliphatic carbocycles. The maximum Gasteiger partial charge on any atom is 0.161 e. The zero-order chi connectivity index (χ0) is 37.1. The highest BCUT2D eigenvalue weighted by Crippen LogP contribution is 2.60. The molecule has 11 rings (SSSR count). The quantitative estimate of drug-likeness (QED) is 0.172. The molecule has 0 amide bonds. The highest BCUT2D eigenvalue weighted by molar-refractivity contribution is 6.18. The highest BCUT2D eigenvalue weighted by atomic mass is 16.3. The molecule has 0 radical (unpaired) electrons. The lowest BCUT2D eigenvalue weighted by molar-refractivity contribution is 0.669. The van der Waals surface area contributed by atoms with Crippen molar-refractivity contribution in [3.05, 3.63) is 229 Å². The van der Waals surface area contributed by atoms with Crippen LogP contribution in [0.2, 0.25) is 0 Å². The molecular formula is C53H34N2O. The fraction of sp³-hybridized carbons (Fsp3) is 0.0189. The largest absolute Gasteiger partial charge is 0.455 e. The Hall–Kier alpha value is -7.36. The van der Waals surface area contributed by atoms with Crippen LogP contribution < -0.4 is 0 Å². The van der Waals surface area contributed by atoms with Crippen molar-refractivity contribution in [3.63, 3.8) is 0 Å². The molecule has 0 bridgehead atoms. The second-order valence-corrected chi connectivity index (χ2v) is 14.5. The van der Waals surface area contributed by atoms with Crippen molar-refractivity contribution in [1.29, 1.82) is 0 Å². The number of para-hydroxylation sites is 1. The predicted octanol–water partition coefficient (Wildman–Crippen LogP) is 13.4. The van der Waals surface area contributed by atoms with Crippen LogP contribution >= 0.6 is 0 Å². The van der Waals surface area contributed by atoms with Crippen molar-refractivity contribution in [1.82, 2.24) is 9.97 Å². The topological polar surface area (TPSA) is 38.9 Å². The summed E-state index contributed by atoms with van der Waals surface area (Å²) in [4.78, 5) is 10.8. The third-order valence-corrected chi connectivity index (χ3v) is 11.4. The summed E-state index contributed by atoms with van der Waals surface area (Å²) in [6, 6.07) is 73.1. The van der Waals surface area contributed by atoms with Gasteiger partial charge in [-0.25, -0.2) is 9.97 Å².